The van der Waals surface area contributed by atoms with Gasteiger partial charge in [-0.25, -0.2) is 9.59 Å². The van der Waals surface area contributed by atoms with Gasteiger partial charge in [-0.15, -0.1) is 11.8 Å². The first-order chi connectivity index (χ1) is 17.5. The van der Waals surface area contributed by atoms with E-state index in [1.807, 2.05) is 13.8 Å². The average molecular weight is 567 g/mol. The van der Waals surface area contributed by atoms with E-state index in [0.717, 1.165) is 25.3 Å². The predicted molar refractivity (Wildman–Crippen MR) is 158 cm³/mol. The van der Waals surface area contributed by atoms with Crippen molar-refractivity contribution in [3.05, 3.63) is 12.2 Å². The zero-order valence-corrected chi connectivity index (χ0v) is 27.9. The fourth-order valence-corrected chi connectivity index (χ4v) is 6.30. The van der Waals surface area contributed by atoms with Gasteiger partial charge in [0, 0.05) is 52.6 Å². The Labute approximate surface area is 258 Å². The molecule has 1 unspecified atom stereocenters. The topological polar surface area (TPSA) is 113 Å². The second-order valence-corrected chi connectivity index (χ2v) is 12.1. The molecule has 0 saturated heterocycles. The summed E-state index contributed by atoms with van der Waals surface area (Å²) in [6, 6.07) is -0.862. The Kier molecular flexibility index (Phi) is 24.2. The summed E-state index contributed by atoms with van der Waals surface area (Å²) < 4.78 is 4.27. The number of esters is 1. The number of ether oxygens (including phenoxy) is 1. The van der Waals surface area contributed by atoms with Crippen LogP contribution in [0, 0.1) is 5.92 Å². The van der Waals surface area contributed by atoms with Crippen LogP contribution < -0.4 is 5.32 Å². The van der Waals surface area contributed by atoms with Gasteiger partial charge in [0.25, 0.3) is 0 Å². The summed E-state index contributed by atoms with van der Waals surface area (Å²) in [6.07, 6.45) is 16.0. The molecular weight excluding hydrogens is 513 g/mol. The number of carbonyl (C=O) groups is 3. The number of thioether (sulfide) groups is 1. The monoisotopic (exact) mass is 566 g/mol. The van der Waals surface area contributed by atoms with Crippen LogP contribution in [0.5, 0.6) is 0 Å². The fraction of sp³-hybridized carbons (Fsp3) is 0.828. The second-order valence-electron chi connectivity index (χ2n) is 10.4. The van der Waals surface area contributed by atoms with Gasteiger partial charge in [-0.05, 0) is 32.1 Å². The smallest absolute Gasteiger partial charge is 0.329 e. The molecule has 0 fully saturated rings. The molecule has 38 heavy (non-hydrogen) atoms. The quantitative estimate of drug-likeness (QED) is 0.0648. The Hall–Kier alpha value is -0.540. The van der Waals surface area contributed by atoms with Crippen LogP contribution in [0.1, 0.15) is 118 Å². The van der Waals surface area contributed by atoms with E-state index in [4.69, 9.17) is 9.84 Å². The third kappa shape index (κ3) is 17.2. The van der Waals surface area contributed by atoms with Crippen LogP contribution in [0.4, 0.5) is 0 Å². The largest absolute Gasteiger partial charge is 0.478 e. The number of nitrogens with one attached hydrogen (secondary N) is 1. The minimum atomic E-state index is -1.05. The standard InChI is InChI=1S/C29H53NO6S.Na/c1-7-9-10-11-12-13-14-15-16-17-19-22(3)26(24(32)20-18-21-25(33)34)37-29(5,8-2)27(28(35)36-6)30-23(4)31;/h18,21-22,24,26-27,32H,7-17,19-20H2,1-6H3,(H,30,31)(H,33,34);/t22-,24+,26-,27?,29+;/m1./s1. The summed E-state index contributed by atoms with van der Waals surface area (Å²) in [5.74, 6) is -1.76. The van der Waals surface area contributed by atoms with Crippen LogP contribution >= 0.6 is 11.8 Å². The van der Waals surface area contributed by atoms with Gasteiger partial charge in [-0.3, -0.25) is 4.79 Å². The number of hydrogen-bond donors (Lipinski definition) is 3. The number of carbonyl (C=O) groups excluding carboxylic acids is 2. The first kappa shape index (κ1) is 39.6. The predicted octanol–water partition coefficient (Wildman–Crippen LogP) is 5.89. The van der Waals surface area contributed by atoms with Crippen molar-refractivity contribution in [1.82, 2.24) is 5.32 Å². The van der Waals surface area contributed by atoms with Crippen LogP contribution in [0.15, 0.2) is 12.2 Å². The summed E-state index contributed by atoms with van der Waals surface area (Å²) in [4.78, 5) is 35.4. The Morgan fingerprint density at radius 3 is 1.97 bits per heavy atom. The maximum absolute atomic E-state index is 12.6. The molecule has 0 saturated carbocycles. The summed E-state index contributed by atoms with van der Waals surface area (Å²) in [5.41, 5.74) is 0. The molecule has 0 aromatic heterocycles. The first-order valence-corrected chi connectivity index (χ1v) is 15.0. The van der Waals surface area contributed by atoms with Gasteiger partial charge in [0.05, 0.1) is 13.2 Å². The molecule has 3 N–H and O–H groups in total. The summed E-state index contributed by atoms with van der Waals surface area (Å²) in [5, 5.41) is 22.5. The van der Waals surface area contributed by atoms with Gasteiger partial charge >= 0.3 is 11.9 Å². The van der Waals surface area contributed by atoms with Gasteiger partial charge in [0.2, 0.25) is 5.91 Å². The minimum absolute atomic E-state index is 0. The molecule has 0 aromatic carbocycles. The molecule has 0 bridgehead atoms. The Balaban J connectivity index is 0. The number of aliphatic carboxylic acids is 1. The van der Waals surface area contributed by atoms with E-state index >= 15 is 0 Å². The van der Waals surface area contributed by atoms with Gasteiger partial charge in [-0.1, -0.05) is 91.1 Å². The van der Waals surface area contributed by atoms with Gasteiger partial charge < -0.3 is 20.3 Å². The zero-order valence-electron chi connectivity index (χ0n) is 25.1. The van der Waals surface area contributed by atoms with Gasteiger partial charge in [0.15, 0.2) is 0 Å². The van der Waals surface area contributed by atoms with E-state index in [9.17, 15) is 19.5 Å². The summed E-state index contributed by atoms with van der Waals surface area (Å²) in [6.45, 7) is 9.57. The molecule has 0 heterocycles. The van der Waals surface area contributed by atoms with Crippen LogP contribution in [-0.4, -0.2) is 86.9 Å². The van der Waals surface area contributed by atoms with E-state index in [0.29, 0.717) is 6.42 Å². The van der Waals surface area contributed by atoms with E-state index in [2.05, 4.69) is 19.2 Å². The molecule has 1 amide bonds. The average Bonchev–Trinajstić information content (AvgIpc) is 2.85. The number of carboxylic acid groups (broad SMARTS) is 1. The first-order valence-electron chi connectivity index (χ1n) is 14.1. The minimum Gasteiger partial charge on any atom is -0.478 e. The molecule has 1 radical (unpaired) electrons. The number of methoxy groups -OCH3 is 1. The van der Waals surface area contributed by atoms with E-state index < -0.39 is 28.8 Å². The van der Waals surface area contributed by atoms with E-state index in [1.54, 1.807) is 0 Å². The number of hydrogen-bond acceptors (Lipinski definition) is 6. The molecule has 0 spiro atoms. The number of carboxylic acids is 1. The summed E-state index contributed by atoms with van der Waals surface area (Å²) in [7, 11) is 1.30. The van der Waals surface area contributed by atoms with Crippen molar-refractivity contribution in [2.45, 2.75) is 140 Å². The zero-order chi connectivity index (χ0) is 28.3. The van der Waals surface area contributed by atoms with Gasteiger partial charge in [0.1, 0.15) is 6.04 Å². The van der Waals surface area contributed by atoms with Crippen molar-refractivity contribution < 1.29 is 29.3 Å². The number of unbranched alkanes of at least 4 members (excludes halogenated alkanes) is 9. The molecule has 5 atom stereocenters. The second kappa shape index (κ2) is 23.2. The third-order valence-electron chi connectivity index (χ3n) is 7.09. The molecule has 0 aromatic rings. The van der Waals surface area contributed by atoms with Crippen LogP contribution in [0.25, 0.3) is 0 Å². The third-order valence-corrected chi connectivity index (χ3v) is 9.21. The van der Waals surface area contributed by atoms with Crippen molar-refractivity contribution in [1.29, 1.82) is 0 Å². The van der Waals surface area contributed by atoms with Crippen LogP contribution in [0.3, 0.4) is 0 Å². The van der Waals surface area contributed by atoms with Crippen molar-refractivity contribution in [2.75, 3.05) is 7.11 Å². The molecule has 0 aliphatic carbocycles. The number of amides is 1. The molecular formula is C29H53NNaO6S. The molecule has 9 heteroatoms. The van der Waals surface area contributed by atoms with Gasteiger partial charge in [-0.2, -0.15) is 0 Å². The fourth-order valence-electron chi connectivity index (χ4n) is 4.58. The Morgan fingerprint density at radius 2 is 1.53 bits per heavy atom. The number of aliphatic hydroxyl groups is 1. The number of aliphatic hydroxyl groups excluding tert-OH is 1. The normalized spacial score (nSPS) is 16.1. The van der Waals surface area contributed by atoms with Crippen molar-refractivity contribution in [3.63, 3.8) is 0 Å². The molecule has 7 nitrogen and oxygen atoms in total. The van der Waals surface area contributed by atoms with E-state index in [1.165, 1.54) is 83.2 Å². The van der Waals surface area contributed by atoms with Crippen molar-refractivity contribution >= 4 is 59.2 Å². The van der Waals surface area contributed by atoms with Crippen LogP contribution in [0.2, 0.25) is 0 Å². The maximum Gasteiger partial charge on any atom is 0.329 e. The molecule has 0 aliphatic heterocycles. The van der Waals surface area contributed by atoms with E-state index in [-0.39, 0.29) is 53.1 Å². The molecule has 217 valence electrons. The van der Waals surface area contributed by atoms with Crippen LogP contribution in [-0.2, 0) is 19.1 Å². The molecule has 0 aliphatic rings. The summed E-state index contributed by atoms with van der Waals surface area (Å²) >= 11 is 1.50. The SMILES string of the molecule is CCCCCCCCCCCC[C@@H](C)[C@@H](S[C@@](C)(CC)C(NC(C)=O)C(=O)OC)[C@@H](O)CC=CC(=O)O.[Na]. The Bertz CT molecular complexity index is 692. The maximum atomic E-state index is 12.6. The Morgan fingerprint density at radius 1 is 1.00 bits per heavy atom. The molecule has 0 rings (SSSR count). The van der Waals surface area contributed by atoms with Crippen molar-refractivity contribution in [2.24, 2.45) is 5.92 Å². The number of rotatable bonds is 22. The van der Waals surface area contributed by atoms with Crippen molar-refractivity contribution in [3.8, 4) is 0 Å².